The lowest BCUT2D eigenvalue weighted by molar-refractivity contribution is 0.466. The Labute approximate surface area is 152 Å². The van der Waals surface area contributed by atoms with Crippen LogP contribution in [0, 0.1) is 5.92 Å². The number of benzene rings is 2. The van der Waals surface area contributed by atoms with E-state index in [1.807, 2.05) is 18.2 Å². The molecule has 1 N–H and O–H groups in total. The molecule has 0 bridgehead atoms. The molecule has 0 saturated heterocycles. The Balaban J connectivity index is 1.39. The molecule has 130 valence electrons. The number of allylic oxidation sites excluding steroid dienone is 1. The van der Waals surface area contributed by atoms with Crippen LogP contribution in [0.5, 0.6) is 5.75 Å². The van der Waals surface area contributed by atoms with Crippen molar-refractivity contribution in [3.05, 3.63) is 59.2 Å². The summed E-state index contributed by atoms with van der Waals surface area (Å²) in [5.41, 5.74) is 5.18. The smallest absolute Gasteiger partial charge is 0.248 e. The molecule has 2 aliphatic rings. The summed E-state index contributed by atoms with van der Waals surface area (Å²) in [4.78, 5) is 0. The molecule has 0 amide bonds. The molecule has 26 heavy (non-hydrogen) atoms. The highest BCUT2D eigenvalue weighted by Crippen LogP contribution is 2.35. The second-order valence-electron chi connectivity index (χ2n) is 7.26. The number of nitrogens with zero attached hydrogens (tertiary/aromatic N) is 2. The summed E-state index contributed by atoms with van der Waals surface area (Å²) in [5.74, 6) is 2.10. The van der Waals surface area contributed by atoms with Gasteiger partial charge in [0.25, 0.3) is 0 Å². The first-order valence-corrected chi connectivity index (χ1v) is 9.22. The zero-order valence-corrected chi connectivity index (χ0v) is 14.5. The fraction of sp³-hybridized carbons (Fsp3) is 0.273. The van der Waals surface area contributed by atoms with Gasteiger partial charge in [-0.25, -0.2) is 0 Å². The highest BCUT2D eigenvalue weighted by molar-refractivity contribution is 5.68. The third-order valence-corrected chi connectivity index (χ3v) is 5.30. The lowest BCUT2D eigenvalue weighted by Gasteiger charge is -2.05. The van der Waals surface area contributed by atoms with Crippen LogP contribution in [0.15, 0.2) is 46.9 Å². The van der Waals surface area contributed by atoms with Crippen molar-refractivity contribution in [3.8, 4) is 28.7 Å². The molecule has 1 heterocycles. The standard InChI is InChI=1S/C22H20N2O2/c25-20-13-19(11-9-16(20)7-6-14-4-5-14)22-24-23-21(26-22)18-10-8-15-2-1-3-17(15)12-18/h1,3,8-14,25H,2,4-7H2. The number of hydrogen-bond acceptors (Lipinski definition) is 4. The van der Waals surface area contributed by atoms with E-state index in [4.69, 9.17) is 4.42 Å². The molecule has 2 aliphatic carbocycles. The normalized spacial score (nSPS) is 15.4. The van der Waals surface area contributed by atoms with Gasteiger partial charge in [0.05, 0.1) is 0 Å². The van der Waals surface area contributed by atoms with Gasteiger partial charge in [0, 0.05) is 11.1 Å². The highest BCUT2D eigenvalue weighted by atomic mass is 16.4. The summed E-state index contributed by atoms with van der Waals surface area (Å²) < 4.78 is 5.86. The average molecular weight is 344 g/mol. The van der Waals surface area contributed by atoms with E-state index in [9.17, 15) is 5.11 Å². The van der Waals surface area contributed by atoms with E-state index in [0.29, 0.717) is 17.5 Å². The van der Waals surface area contributed by atoms with E-state index < -0.39 is 0 Å². The molecule has 0 radical (unpaired) electrons. The third kappa shape index (κ3) is 2.92. The zero-order chi connectivity index (χ0) is 17.5. The molecule has 5 rings (SSSR count). The predicted octanol–water partition coefficient (Wildman–Crippen LogP) is 5.02. The van der Waals surface area contributed by atoms with Gasteiger partial charge in [-0.1, -0.05) is 37.1 Å². The molecule has 4 nitrogen and oxygen atoms in total. The van der Waals surface area contributed by atoms with Crippen molar-refractivity contribution in [2.75, 3.05) is 0 Å². The molecule has 0 unspecified atom stereocenters. The molecule has 0 aliphatic heterocycles. The number of rotatable bonds is 5. The quantitative estimate of drug-likeness (QED) is 0.706. The van der Waals surface area contributed by atoms with Crippen molar-refractivity contribution < 1.29 is 9.52 Å². The molecule has 0 atom stereocenters. The number of fused-ring (bicyclic) bond motifs is 1. The summed E-state index contributed by atoms with van der Waals surface area (Å²) in [7, 11) is 0. The Kier molecular flexibility index (Phi) is 3.63. The van der Waals surface area contributed by atoms with Crippen LogP contribution in [0.2, 0.25) is 0 Å². The SMILES string of the molecule is Oc1cc(-c2nnc(-c3ccc4c(c3)C=CC4)o2)ccc1CCC1CC1. The van der Waals surface area contributed by atoms with Gasteiger partial charge in [0.1, 0.15) is 5.75 Å². The third-order valence-electron chi connectivity index (χ3n) is 5.30. The van der Waals surface area contributed by atoms with Gasteiger partial charge in [-0.3, -0.25) is 0 Å². The zero-order valence-electron chi connectivity index (χ0n) is 14.5. The summed E-state index contributed by atoms with van der Waals surface area (Å²) in [6.07, 6.45) is 10.0. The Bertz CT molecular complexity index is 999. The van der Waals surface area contributed by atoms with Gasteiger partial charge in [0.15, 0.2) is 0 Å². The van der Waals surface area contributed by atoms with E-state index in [0.717, 1.165) is 41.9 Å². The van der Waals surface area contributed by atoms with Crippen molar-refractivity contribution in [3.63, 3.8) is 0 Å². The van der Waals surface area contributed by atoms with Gasteiger partial charge < -0.3 is 9.52 Å². The van der Waals surface area contributed by atoms with Gasteiger partial charge >= 0.3 is 0 Å². The van der Waals surface area contributed by atoms with Crippen molar-refractivity contribution in [2.45, 2.75) is 32.1 Å². The van der Waals surface area contributed by atoms with Crippen molar-refractivity contribution in [2.24, 2.45) is 5.92 Å². The lowest BCUT2D eigenvalue weighted by Crippen LogP contribution is -1.89. The van der Waals surface area contributed by atoms with E-state index in [1.54, 1.807) is 6.07 Å². The molecule has 1 saturated carbocycles. The summed E-state index contributed by atoms with van der Waals surface area (Å²) in [5, 5.41) is 18.7. The highest BCUT2D eigenvalue weighted by Gasteiger charge is 2.21. The number of hydrogen-bond donors (Lipinski definition) is 1. The van der Waals surface area contributed by atoms with Gasteiger partial charge in [-0.15, -0.1) is 10.2 Å². The fourth-order valence-corrected chi connectivity index (χ4v) is 3.51. The second kappa shape index (κ2) is 6.13. The molecule has 3 aromatic rings. The van der Waals surface area contributed by atoms with Crippen LogP contribution in [0.3, 0.4) is 0 Å². The summed E-state index contributed by atoms with van der Waals surface area (Å²) >= 11 is 0. The lowest BCUT2D eigenvalue weighted by atomic mass is 10.0. The number of aromatic nitrogens is 2. The van der Waals surface area contributed by atoms with Crippen molar-refractivity contribution in [1.29, 1.82) is 0 Å². The van der Waals surface area contributed by atoms with Crippen molar-refractivity contribution >= 4 is 6.08 Å². The molecule has 1 aromatic heterocycles. The molecule has 4 heteroatoms. The first-order chi connectivity index (χ1) is 12.8. The Hall–Kier alpha value is -2.88. The molecule has 2 aromatic carbocycles. The molecule has 1 fully saturated rings. The summed E-state index contributed by atoms with van der Waals surface area (Å²) in [6.45, 7) is 0. The van der Waals surface area contributed by atoms with Gasteiger partial charge in [-0.2, -0.15) is 0 Å². The van der Waals surface area contributed by atoms with Crippen LogP contribution in [0.4, 0.5) is 0 Å². The van der Waals surface area contributed by atoms with Gasteiger partial charge in [0.2, 0.25) is 11.8 Å². The number of aromatic hydroxyl groups is 1. The average Bonchev–Trinajstić information content (AvgIpc) is 3.16. The van der Waals surface area contributed by atoms with Gasteiger partial charge in [-0.05, 0) is 66.1 Å². The van der Waals surface area contributed by atoms with Crippen LogP contribution >= 0.6 is 0 Å². The van der Waals surface area contributed by atoms with E-state index in [2.05, 4.69) is 34.5 Å². The fourth-order valence-electron chi connectivity index (χ4n) is 3.51. The first-order valence-electron chi connectivity index (χ1n) is 9.22. The monoisotopic (exact) mass is 344 g/mol. The first kappa shape index (κ1) is 15.4. The van der Waals surface area contributed by atoms with Crippen molar-refractivity contribution in [1.82, 2.24) is 10.2 Å². The minimum atomic E-state index is 0.311. The minimum Gasteiger partial charge on any atom is -0.508 e. The maximum Gasteiger partial charge on any atom is 0.248 e. The predicted molar refractivity (Wildman–Crippen MR) is 101 cm³/mol. The van der Waals surface area contributed by atoms with Crippen LogP contribution in [-0.2, 0) is 12.8 Å². The maximum atomic E-state index is 10.3. The van der Waals surface area contributed by atoms with Crippen LogP contribution in [0.25, 0.3) is 29.0 Å². The van der Waals surface area contributed by atoms with E-state index >= 15 is 0 Å². The Morgan fingerprint density at radius 2 is 1.77 bits per heavy atom. The topological polar surface area (TPSA) is 59.2 Å². The Morgan fingerprint density at radius 3 is 2.54 bits per heavy atom. The largest absolute Gasteiger partial charge is 0.508 e. The van der Waals surface area contributed by atoms with E-state index in [1.165, 1.54) is 24.0 Å². The van der Waals surface area contributed by atoms with Crippen LogP contribution < -0.4 is 0 Å². The number of phenols is 1. The number of phenolic OH excluding ortho intramolecular Hbond substituents is 1. The van der Waals surface area contributed by atoms with E-state index in [-0.39, 0.29) is 0 Å². The minimum absolute atomic E-state index is 0.311. The second-order valence-corrected chi connectivity index (χ2v) is 7.26. The van der Waals surface area contributed by atoms with Crippen LogP contribution in [0.1, 0.15) is 36.0 Å². The summed E-state index contributed by atoms with van der Waals surface area (Å²) in [6, 6.07) is 11.8. The molecular formula is C22H20N2O2. The maximum absolute atomic E-state index is 10.3. The molecular weight excluding hydrogens is 324 g/mol. The Morgan fingerprint density at radius 1 is 1.00 bits per heavy atom. The number of aryl methyl sites for hydroxylation is 1. The molecule has 0 spiro atoms. The van der Waals surface area contributed by atoms with Crippen LogP contribution in [-0.4, -0.2) is 15.3 Å².